The lowest BCUT2D eigenvalue weighted by Crippen LogP contribution is -2.28. The molecule has 0 radical (unpaired) electrons. The van der Waals surface area contributed by atoms with Crippen molar-refractivity contribution in [3.8, 4) is 10.6 Å². The Balaban J connectivity index is 2.76. The second-order valence-corrected chi connectivity index (χ2v) is 9.24. The highest BCUT2D eigenvalue weighted by Crippen LogP contribution is 2.38. The van der Waals surface area contributed by atoms with Crippen LogP contribution in [0.4, 0.5) is 23.8 Å². The summed E-state index contributed by atoms with van der Waals surface area (Å²) in [6, 6.07) is 0.855. The van der Waals surface area contributed by atoms with Gasteiger partial charge >= 0.3 is 18.2 Å². The van der Waals surface area contributed by atoms with E-state index in [-0.39, 0.29) is 27.5 Å². The summed E-state index contributed by atoms with van der Waals surface area (Å²) in [5.41, 5.74) is -0.346. The predicted molar refractivity (Wildman–Crippen MR) is 150 cm³/mol. The number of amides is 2. The van der Waals surface area contributed by atoms with Crippen LogP contribution in [0.5, 0.6) is 0 Å². The first kappa shape index (κ1) is 32.5. The highest BCUT2D eigenvalue weighted by molar-refractivity contribution is 7.13. The lowest BCUT2D eigenvalue weighted by molar-refractivity contribution is -0.140. The summed E-state index contributed by atoms with van der Waals surface area (Å²) in [4.78, 5) is 34.3. The molecule has 218 valence electrons. The highest BCUT2D eigenvalue weighted by atomic mass is 32.1. The standard InChI is InChI=1S/C27H34F3N5O4S/c1-6-10-18(25(36)37)13-19(17(5)39-12-11-35(8-3)9-4)21-15-32-23(34-26(38)31-7-2)14-20(21)24-33-22(16-40-24)27(28,29)30/h6,10,13-16H,7-9,11-12H2,1-5H3,(H,36,37)(H2,31,32,34,38). The Morgan fingerprint density at radius 1 is 1.23 bits per heavy atom. The number of thiazole rings is 1. The summed E-state index contributed by atoms with van der Waals surface area (Å²) in [6.07, 6.45) is 1.03. The van der Waals surface area contributed by atoms with E-state index in [9.17, 15) is 27.9 Å². The van der Waals surface area contributed by atoms with Crippen molar-refractivity contribution < 1.29 is 32.6 Å². The van der Waals surface area contributed by atoms with Gasteiger partial charge < -0.3 is 20.1 Å². The molecule has 13 heteroatoms. The topological polar surface area (TPSA) is 117 Å². The van der Waals surface area contributed by atoms with Gasteiger partial charge in [0.05, 0.1) is 5.57 Å². The molecule has 2 aromatic rings. The number of nitrogens with zero attached hydrogens (tertiary/aromatic N) is 3. The number of halogens is 3. The fraction of sp³-hybridized carbons (Fsp3) is 0.407. The number of hydrogen-bond acceptors (Lipinski definition) is 7. The third-order valence-electron chi connectivity index (χ3n) is 5.69. The first-order chi connectivity index (χ1) is 18.9. The van der Waals surface area contributed by atoms with Crippen LogP contribution in [0.25, 0.3) is 16.1 Å². The van der Waals surface area contributed by atoms with Gasteiger partial charge in [-0.1, -0.05) is 26.0 Å². The quantitative estimate of drug-likeness (QED) is 0.150. The molecule has 3 N–H and O–H groups in total. The van der Waals surface area contributed by atoms with Gasteiger partial charge in [-0.15, -0.1) is 11.3 Å². The van der Waals surface area contributed by atoms with Crippen LogP contribution < -0.4 is 10.6 Å². The predicted octanol–water partition coefficient (Wildman–Crippen LogP) is 6.04. The molecule has 0 aromatic carbocycles. The number of aliphatic carboxylic acids is 1. The van der Waals surface area contributed by atoms with Crippen LogP contribution >= 0.6 is 11.3 Å². The summed E-state index contributed by atoms with van der Waals surface area (Å²) in [6.45, 7) is 12.0. The Morgan fingerprint density at radius 2 is 1.93 bits per heavy atom. The normalized spacial score (nSPS) is 13.0. The van der Waals surface area contributed by atoms with Gasteiger partial charge in [0.15, 0.2) is 5.69 Å². The number of allylic oxidation sites excluding steroid dienone is 4. The van der Waals surface area contributed by atoms with E-state index in [2.05, 4.69) is 25.5 Å². The molecule has 40 heavy (non-hydrogen) atoms. The van der Waals surface area contributed by atoms with E-state index in [0.29, 0.717) is 31.0 Å². The zero-order valence-corrected chi connectivity index (χ0v) is 23.9. The van der Waals surface area contributed by atoms with E-state index in [0.717, 1.165) is 29.8 Å². The monoisotopic (exact) mass is 581 g/mol. The smallest absolute Gasteiger partial charge is 0.434 e. The third kappa shape index (κ3) is 9.19. The maximum atomic E-state index is 13.4. The number of anilines is 1. The fourth-order valence-electron chi connectivity index (χ4n) is 3.59. The highest BCUT2D eigenvalue weighted by Gasteiger charge is 2.34. The molecule has 2 aromatic heterocycles. The minimum Gasteiger partial charge on any atom is -0.496 e. The number of carbonyl (C=O) groups excluding carboxylic acids is 1. The average molecular weight is 582 g/mol. The van der Waals surface area contributed by atoms with Crippen molar-refractivity contribution in [2.24, 2.45) is 0 Å². The fourth-order valence-corrected chi connectivity index (χ4v) is 4.45. The van der Waals surface area contributed by atoms with Crippen molar-refractivity contribution in [3.05, 3.63) is 58.5 Å². The van der Waals surface area contributed by atoms with E-state index in [4.69, 9.17) is 4.74 Å². The Morgan fingerprint density at radius 3 is 2.48 bits per heavy atom. The Hall–Kier alpha value is -3.71. The van der Waals surface area contributed by atoms with Gasteiger partial charge in [-0.25, -0.2) is 19.6 Å². The minimum absolute atomic E-state index is 0.00780. The van der Waals surface area contributed by atoms with Gasteiger partial charge in [0.25, 0.3) is 0 Å². The molecule has 0 aliphatic carbocycles. The maximum Gasteiger partial charge on any atom is 0.434 e. The van der Waals surface area contributed by atoms with Crippen LogP contribution in [0.1, 0.15) is 45.9 Å². The van der Waals surface area contributed by atoms with Crippen molar-refractivity contribution in [1.29, 1.82) is 0 Å². The van der Waals surface area contributed by atoms with Crippen molar-refractivity contribution in [2.45, 2.75) is 40.8 Å². The van der Waals surface area contributed by atoms with Gasteiger partial charge in [0.2, 0.25) is 0 Å². The van der Waals surface area contributed by atoms with Crippen LogP contribution in [0.2, 0.25) is 0 Å². The molecular formula is C27H34F3N5O4S. The van der Waals surface area contributed by atoms with E-state index in [1.165, 1.54) is 24.4 Å². The zero-order valence-electron chi connectivity index (χ0n) is 23.1. The van der Waals surface area contributed by atoms with E-state index >= 15 is 0 Å². The van der Waals surface area contributed by atoms with E-state index in [1.54, 1.807) is 26.8 Å². The zero-order chi connectivity index (χ0) is 29.9. The molecule has 2 amide bonds. The largest absolute Gasteiger partial charge is 0.496 e. The summed E-state index contributed by atoms with van der Waals surface area (Å²) in [5.74, 6) is -0.788. The molecule has 0 bridgehead atoms. The molecule has 0 aliphatic heterocycles. The van der Waals surface area contributed by atoms with Gasteiger partial charge in [-0.2, -0.15) is 13.2 Å². The summed E-state index contributed by atoms with van der Waals surface area (Å²) in [5, 5.41) is 15.8. The van der Waals surface area contributed by atoms with Crippen LogP contribution in [-0.2, 0) is 15.7 Å². The number of alkyl halides is 3. The molecule has 2 rings (SSSR count). The van der Waals surface area contributed by atoms with E-state index in [1.807, 2.05) is 13.8 Å². The SMILES string of the molecule is CC=CC(=CC(=C(C)OCCN(CC)CC)c1cnc(NC(=O)NCC)cc1-c1nc(C(F)(F)F)cs1)C(=O)O. The Labute approximate surface area is 235 Å². The van der Waals surface area contributed by atoms with Gasteiger partial charge in [0.1, 0.15) is 23.2 Å². The molecule has 9 nitrogen and oxygen atoms in total. The lowest BCUT2D eigenvalue weighted by atomic mass is 9.98. The molecule has 2 heterocycles. The number of carboxylic acids is 1. The van der Waals surface area contributed by atoms with Gasteiger partial charge in [-0.3, -0.25) is 5.32 Å². The average Bonchev–Trinajstić information content (AvgIpc) is 3.40. The number of carbonyl (C=O) groups is 2. The molecule has 0 atom stereocenters. The molecular weight excluding hydrogens is 547 g/mol. The van der Waals surface area contributed by atoms with Gasteiger partial charge in [0, 0.05) is 41.4 Å². The number of likely N-dealkylation sites (N-methyl/N-ethyl adjacent to an activating group) is 1. The number of nitrogens with one attached hydrogen (secondary N) is 2. The minimum atomic E-state index is -4.66. The first-order valence-corrected chi connectivity index (χ1v) is 13.5. The van der Waals surface area contributed by atoms with E-state index < -0.39 is 23.9 Å². The first-order valence-electron chi connectivity index (χ1n) is 12.7. The molecule has 0 saturated heterocycles. The maximum absolute atomic E-state index is 13.4. The summed E-state index contributed by atoms with van der Waals surface area (Å²) >= 11 is 0.766. The number of ether oxygens (including phenoxy) is 1. The number of aromatic nitrogens is 2. The Kier molecular flexibility index (Phi) is 12.3. The molecule has 0 fully saturated rings. The Bertz CT molecular complexity index is 1270. The third-order valence-corrected chi connectivity index (χ3v) is 6.57. The number of hydrogen-bond donors (Lipinski definition) is 3. The van der Waals surface area contributed by atoms with Crippen molar-refractivity contribution in [2.75, 3.05) is 38.1 Å². The summed E-state index contributed by atoms with van der Waals surface area (Å²) < 4.78 is 46.2. The van der Waals surface area contributed by atoms with Crippen LogP contribution in [0.3, 0.4) is 0 Å². The van der Waals surface area contributed by atoms with Crippen LogP contribution in [0, 0.1) is 0 Å². The number of rotatable bonds is 13. The van der Waals surface area contributed by atoms with Crippen LogP contribution in [-0.4, -0.2) is 64.8 Å². The summed E-state index contributed by atoms with van der Waals surface area (Å²) in [7, 11) is 0. The van der Waals surface area contributed by atoms with Crippen LogP contribution in [0.15, 0.2) is 47.2 Å². The molecule has 0 aliphatic rings. The molecule has 0 saturated carbocycles. The number of urea groups is 1. The second-order valence-electron chi connectivity index (χ2n) is 8.39. The van der Waals surface area contributed by atoms with Crippen molar-refractivity contribution in [3.63, 3.8) is 0 Å². The van der Waals surface area contributed by atoms with Crippen molar-refractivity contribution in [1.82, 2.24) is 20.2 Å². The molecule has 0 unspecified atom stereocenters. The lowest BCUT2D eigenvalue weighted by Gasteiger charge is -2.20. The van der Waals surface area contributed by atoms with Gasteiger partial charge in [-0.05, 0) is 46.0 Å². The molecule has 0 spiro atoms. The number of pyridine rings is 1. The van der Waals surface area contributed by atoms with Crippen molar-refractivity contribution >= 4 is 34.7 Å². The second kappa shape index (κ2) is 15.2. The number of carboxylic acid groups (broad SMARTS) is 1.